The summed E-state index contributed by atoms with van der Waals surface area (Å²) in [6.45, 7) is 1.91. The Morgan fingerprint density at radius 2 is 1.91 bits per heavy atom. The first-order valence-corrected chi connectivity index (χ1v) is 3.05. The molecule has 8 N–H and O–H groups in total. The van der Waals surface area contributed by atoms with Crippen LogP contribution in [-0.2, 0) is 0 Å². The Kier molecular flexibility index (Phi) is 6.86. The molecule has 0 spiro atoms. The van der Waals surface area contributed by atoms with E-state index in [1.165, 1.54) is 0 Å². The lowest BCUT2D eigenvalue weighted by molar-refractivity contribution is 0.0522. The Morgan fingerprint density at radius 3 is 1.91 bits per heavy atom. The summed E-state index contributed by atoms with van der Waals surface area (Å²) in [7, 11) is 0. The molecule has 0 aromatic carbocycles. The Labute approximate surface area is 65.0 Å². The maximum Gasteiger partial charge on any atom is 0.402 e. The molecule has 1 amide bonds. The maximum atomic E-state index is 8.78. The second-order valence-corrected chi connectivity index (χ2v) is 2.00. The second-order valence-electron chi connectivity index (χ2n) is 2.00. The fraction of sp³-hybridized carbons (Fsp3) is 0.800. The highest BCUT2D eigenvalue weighted by molar-refractivity contribution is 5.61. The molecule has 0 radical (unpaired) electrons. The summed E-state index contributed by atoms with van der Waals surface area (Å²) in [5, 5.41) is 16.0. The predicted molar refractivity (Wildman–Crippen MR) is 40.7 cm³/mol. The van der Waals surface area contributed by atoms with Gasteiger partial charge >= 0.3 is 6.09 Å². The fourth-order valence-corrected chi connectivity index (χ4v) is 0.144. The number of nitrogens with two attached hydrogens (primary N) is 3. The summed E-state index contributed by atoms with van der Waals surface area (Å²) in [6, 6.07) is 0. The molecular formula is C5H15N3O3. The van der Waals surface area contributed by atoms with Gasteiger partial charge in [0.2, 0.25) is 0 Å². The van der Waals surface area contributed by atoms with Gasteiger partial charge in [0.15, 0.2) is 0 Å². The molecule has 0 aromatic heterocycles. The van der Waals surface area contributed by atoms with E-state index in [9.17, 15) is 0 Å². The average Bonchev–Trinajstić information content (AvgIpc) is 1.87. The summed E-state index contributed by atoms with van der Waals surface area (Å²) < 4.78 is 0. The molecule has 1 unspecified atom stereocenters. The van der Waals surface area contributed by atoms with Gasteiger partial charge in [-0.1, -0.05) is 6.92 Å². The van der Waals surface area contributed by atoms with Crippen LogP contribution in [0.5, 0.6) is 0 Å². The van der Waals surface area contributed by atoms with E-state index in [4.69, 9.17) is 26.5 Å². The molecule has 68 valence electrons. The fourth-order valence-electron chi connectivity index (χ4n) is 0.144. The average molecular weight is 165 g/mol. The monoisotopic (exact) mass is 165 g/mol. The van der Waals surface area contributed by atoms with Gasteiger partial charge in [0, 0.05) is 6.54 Å². The Hall–Kier alpha value is -0.850. The molecule has 6 heteroatoms. The number of hydrogen-bond acceptors (Lipinski definition) is 4. The smallest absolute Gasteiger partial charge is 0.402 e. The molecule has 0 bridgehead atoms. The van der Waals surface area contributed by atoms with E-state index in [2.05, 4.69) is 5.73 Å². The maximum absolute atomic E-state index is 8.78. The van der Waals surface area contributed by atoms with Crippen LogP contribution < -0.4 is 17.2 Å². The normalized spacial score (nSPS) is 14.2. The number of primary amides is 1. The van der Waals surface area contributed by atoms with E-state index < -0.39 is 11.8 Å². The zero-order valence-corrected chi connectivity index (χ0v) is 6.45. The Bertz CT molecular complexity index is 106. The zero-order chi connectivity index (χ0) is 9.49. The van der Waals surface area contributed by atoms with Crippen LogP contribution >= 0.6 is 0 Å². The van der Waals surface area contributed by atoms with Crippen LogP contribution in [0.15, 0.2) is 0 Å². The van der Waals surface area contributed by atoms with E-state index in [1.54, 1.807) is 6.92 Å². The number of amides is 1. The minimum absolute atomic E-state index is 0.128. The summed E-state index contributed by atoms with van der Waals surface area (Å²) in [4.78, 5) is 8.78. The topological polar surface area (TPSA) is 136 Å². The van der Waals surface area contributed by atoms with Gasteiger partial charge in [0.1, 0.15) is 5.72 Å². The number of carbonyl (C=O) groups is 1. The van der Waals surface area contributed by atoms with Crippen LogP contribution in [0.3, 0.4) is 0 Å². The van der Waals surface area contributed by atoms with Crippen LogP contribution in [-0.4, -0.2) is 28.6 Å². The lowest BCUT2D eigenvalue weighted by atomic mass is 10.2. The molecule has 0 saturated carbocycles. The first kappa shape index (κ1) is 12.8. The third-order valence-electron chi connectivity index (χ3n) is 0.966. The van der Waals surface area contributed by atoms with E-state index >= 15 is 0 Å². The van der Waals surface area contributed by atoms with Crippen molar-refractivity contribution in [3.8, 4) is 0 Å². The second kappa shape index (κ2) is 5.90. The highest BCUT2D eigenvalue weighted by atomic mass is 16.4. The predicted octanol–water partition coefficient (Wildman–Crippen LogP) is -1.37. The summed E-state index contributed by atoms with van der Waals surface area (Å²) in [5.41, 5.74) is 13.1. The van der Waals surface area contributed by atoms with Gasteiger partial charge in [-0.05, 0) is 6.42 Å². The van der Waals surface area contributed by atoms with Crippen molar-refractivity contribution in [2.75, 3.05) is 6.54 Å². The highest BCUT2D eigenvalue weighted by Crippen LogP contribution is 1.94. The van der Waals surface area contributed by atoms with Gasteiger partial charge in [0.25, 0.3) is 0 Å². The lowest BCUT2D eigenvalue weighted by Gasteiger charge is -2.17. The van der Waals surface area contributed by atoms with Gasteiger partial charge in [-0.15, -0.1) is 0 Å². The van der Waals surface area contributed by atoms with Crippen molar-refractivity contribution in [2.24, 2.45) is 17.2 Å². The number of carboxylic acid groups (broad SMARTS) is 1. The lowest BCUT2D eigenvalue weighted by Crippen LogP contribution is -2.45. The van der Waals surface area contributed by atoms with Gasteiger partial charge in [-0.25, -0.2) is 4.79 Å². The Morgan fingerprint density at radius 1 is 1.64 bits per heavy atom. The van der Waals surface area contributed by atoms with Crippen molar-refractivity contribution in [1.82, 2.24) is 0 Å². The van der Waals surface area contributed by atoms with E-state index in [0.717, 1.165) is 0 Å². The number of rotatable bonds is 2. The third-order valence-corrected chi connectivity index (χ3v) is 0.966. The molecule has 0 aromatic rings. The molecule has 1 atom stereocenters. The quantitative estimate of drug-likeness (QED) is 0.321. The van der Waals surface area contributed by atoms with Crippen molar-refractivity contribution >= 4 is 6.09 Å². The minimum atomic E-state index is -1.33. The molecule has 0 heterocycles. The summed E-state index contributed by atoms with van der Waals surface area (Å²) >= 11 is 0. The molecule has 11 heavy (non-hydrogen) atoms. The van der Waals surface area contributed by atoms with Crippen molar-refractivity contribution in [3.63, 3.8) is 0 Å². The van der Waals surface area contributed by atoms with Crippen LogP contribution in [0.4, 0.5) is 4.79 Å². The van der Waals surface area contributed by atoms with Crippen molar-refractivity contribution in [2.45, 2.75) is 19.1 Å². The number of aliphatic hydroxyl groups is 1. The molecule has 0 aliphatic carbocycles. The first-order valence-electron chi connectivity index (χ1n) is 3.05. The van der Waals surface area contributed by atoms with Crippen molar-refractivity contribution in [3.05, 3.63) is 0 Å². The van der Waals surface area contributed by atoms with Gasteiger partial charge in [0.05, 0.1) is 0 Å². The summed E-state index contributed by atoms with van der Waals surface area (Å²) in [5.74, 6) is 0. The molecule has 0 fully saturated rings. The minimum Gasteiger partial charge on any atom is -0.465 e. The molecule has 6 nitrogen and oxygen atoms in total. The van der Waals surface area contributed by atoms with Crippen molar-refractivity contribution < 1.29 is 15.0 Å². The van der Waals surface area contributed by atoms with Crippen LogP contribution in [0.2, 0.25) is 0 Å². The molecule has 0 aliphatic rings. The van der Waals surface area contributed by atoms with Crippen LogP contribution in [0.25, 0.3) is 0 Å². The summed E-state index contributed by atoms with van der Waals surface area (Å²) in [6.07, 6.45) is -0.830. The molecule has 0 rings (SSSR count). The standard InChI is InChI=1S/C4H12N2O.CH3NO2/c1-2-4(6,7)3-5;2-1(3)4/h7H,2-3,5-6H2,1H3;2H2,(H,3,4). The van der Waals surface area contributed by atoms with E-state index in [1.807, 2.05) is 0 Å². The Balaban J connectivity index is 0. The van der Waals surface area contributed by atoms with Crippen LogP contribution in [0.1, 0.15) is 13.3 Å². The van der Waals surface area contributed by atoms with Crippen LogP contribution in [0, 0.1) is 0 Å². The van der Waals surface area contributed by atoms with Crippen molar-refractivity contribution in [1.29, 1.82) is 0 Å². The van der Waals surface area contributed by atoms with Gasteiger partial charge < -0.3 is 27.4 Å². The van der Waals surface area contributed by atoms with E-state index in [0.29, 0.717) is 6.42 Å². The van der Waals surface area contributed by atoms with Gasteiger partial charge in [-0.2, -0.15) is 0 Å². The molecule has 0 saturated heterocycles. The number of hydrogen-bond donors (Lipinski definition) is 5. The molecular weight excluding hydrogens is 150 g/mol. The van der Waals surface area contributed by atoms with E-state index in [-0.39, 0.29) is 6.54 Å². The third kappa shape index (κ3) is 17.6. The van der Waals surface area contributed by atoms with Gasteiger partial charge in [-0.3, -0.25) is 0 Å². The SMILES string of the molecule is CCC(N)(O)CN.NC(=O)O. The largest absolute Gasteiger partial charge is 0.465 e. The first-order chi connectivity index (χ1) is 4.85. The zero-order valence-electron chi connectivity index (χ0n) is 6.45. The molecule has 0 aliphatic heterocycles. The highest BCUT2D eigenvalue weighted by Gasteiger charge is 2.13.